The number of nitrogens with zero attached hydrogens (tertiary/aromatic N) is 4. The number of nitriles is 1. The summed E-state index contributed by atoms with van der Waals surface area (Å²) in [7, 11) is 6.36. The lowest BCUT2D eigenvalue weighted by Gasteiger charge is -2.24. The predicted octanol–water partition coefficient (Wildman–Crippen LogP) is 2.37. The van der Waals surface area contributed by atoms with E-state index in [-0.39, 0.29) is 0 Å². The Balaban J connectivity index is 2.09. The molecule has 21 heavy (non-hydrogen) atoms. The van der Waals surface area contributed by atoms with Crippen LogP contribution in [0.15, 0.2) is 6.07 Å². The number of likely N-dealkylation sites (tertiary alicyclic amines) is 1. The molecule has 1 aromatic rings. The first-order valence-electron chi connectivity index (χ1n) is 7.92. The van der Waals surface area contributed by atoms with Crippen molar-refractivity contribution in [2.75, 3.05) is 27.2 Å². The van der Waals surface area contributed by atoms with Crippen LogP contribution >= 0.6 is 0 Å². The molecule has 4 nitrogen and oxygen atoms in total. The number of hydrogen-bond acceptors (Lipinski definition) is 3. The Labute approximate surface area is 129 Å². The number of hydrogen-bond donors (Lipinski definition) is 0. The highest BCUT2D eigenvalue weighted by Crippen LogP contribution is 2.27. The summed E-state index contributed by atoms with van der Waals surface area (Å²) in [5.74, 6) is 0.768. The second-order valence-electron chi connectivity index (χ2n) is 6.58. The molecule has 2 heterocycles. The van der Waals surface area contributed by atoms with Crippen LogP contribution in [-0.4, -0.2) is 47.6 Å². The van der Waals surface area contributed by atoms with Gasteiger partial charge < -0.3 is 9.47 Å². The summed E-state index contributed by atoms with van der Waals surface area (Å²) in [6.45, 7) is 7.65. The van der Waals surface area contributed by atoms with Gasteiger partial charge in [0.2, 0.25) is 0 Å². The van der Waals surface area contributed by atoms with E-state index in [1.807, 2.05) is 17.7 Å². The van der Waals surface area contributed by atoms with Gasteiger partial charge in [0.1, 0.15) is 11.8 Å². The zero-order chi connectivity index (χ0) is 15.6. The lowest BCUT2D eigenvalue weighted by molar-refractivity contribution is 0.238. The van der Waals surface area contributed by atoms with Crippen molar-refractivity contribution in [3.8, 4) is 6.07 Å². The molecule has 0 bridgehead atoms. The van der Waals surface area contributed by atoms with E-state index < -0.39 is 0 Å². The van der Waals surface area contributed by atoms with Crippen LogP contribution in [0.2, 0.25) is 0 Å². The van der Waals surface area contributed by atoms with Gasteiger partial charge in [0.25, 0.3) is 0 Å². The van der Waals surface area contributed by atoms with Crippen LogP contribution in [0.3, 0.4) is 0 Å². The van der Waals surface area contributed by atoms with Crippen LogP contribution in [0.25, 0.3) is 0 Å². The molecule has 0 radical (unpaired) electrons. The Hall–Kier alpha value is -1.31. The van der Waals surface area contributed by atoms with E-state index in [2.05, 4.69) is 43.8 Å². The van der Waals surface area contributed by atoms with Gasteiger partial charge in [-0.3, -0.25) is 4.90 Å². The van der Waals surface area contributed by atoms with Crippen LogP contribution < -0.4 is 0 Å². The first-order valence-corrected chi connectivity index (χ1v) is 7.92. The van der Waals surface area contributed by atoms with Crippen molar-refractivity contribution in [3.05, 3.63) is 23.0 Å². The fourth-order valence-corrected chi connectivity index (χ4v) is 3.58. The van der Waals surface area contributed by atoms with Gasteiger partial charge in [-0.15, -0.1) is 0 Å². The van der Waals surface area contributed by atoms with Gasteiger partial charge >= 0.3 is 0 Å². The zero-order valence-electron chi connectivity index (χ0n) is 14.1. The average molecular weight is 288 g/mol. The molecule has 0 unspecified atom stereocenters. The Bertz CT molecular complexity index is 524. The highest BCUT2D eigenvalue weighted by atomic mass is 15.2. The Kier molecular flexibility index (Phi) is 5.08. The normalized spacial score (nSPS) is 22.9. The summed E-state index contributed by atoms with van der Waals surface area (Å²) in [6.07, 6.45) is 2.56. The van der Waals surface area contributed by atoms with Crippen LogP contribution in [0.1, 0.15) is 36.7 Å². The van der Waals surface area contributed by atoms with Gasteiger partial charge in [-0.25, -0.2) is 0 Å². The maximum Gasteiger partial charge on any atom is 0.120 e. The summed E-state index contributed by atoms with van der Waals surface area (Å²) < 4.78 is 2.00. The van der Waals surface area contributed by atoms with Crippen molar-refractivity contribution in [2.24, 2.45) is 13.0 Å². The maximum absolute atomic E-state index is 9.15. The van der Waals surface area contributed by atoms with Crippen molar-refractivity contribution in [1.29, 1.82) is 5.26 Å². The molecule has 0 spiro atoms. The number of likely N-dealkylation sites (N-methyl/N-ethyl adjacent to an activating group) is 1. The largest absolute Gasteiger partial charge is 0.340 e. The second kappa shape index (κ2) is 6.64. The minimum absolute atomic E-state index is 0.657. The molecule has 2 rings (SSSR count). The smallest absolute Gasteiger partial charge is 0.120 e. The van der Waals surface area contributed by atoms with Crippen molar-refractivity contribution in [3.63, 3.8) is 0 Å². The van der Waals surface area contributed by atoms with Crippen LogP contribution in [0, 0.1) is 24.2 Å². The first-order chi connectivity index (χ1) is 9.97. The van der Waals surface area contributed by atoms with Crippen molar-refractivity contribution >= 4 is 0 Å². The average Bonchev–Trinajstić information content (AvgIpc) is 2.96. The van der Waals surface area contributed by atoms with E-state index in [1.165, 1.54) is 30.6 Å². The number of aromatic nitrogens is 1. The topological polar surface area (TPSA) is 35.2 Å². The lowest BCUT2D eigenvalue weighted by Crippen LogP contribution is -2.35. The molecule has 1 aromatic heterocycles. The van der Waals surface area contributed by atoms with Gasteiger partial charge in [-0.05, 0) is 45.0 Å². The van der Waals surface area contributed by atoms with Crippen LogP contribution in [0.5, 0.6) is 0 Å². The molecular formula is C17H28N4. The van der Waals surface area contributed by atoms with E-state index in [9.17, 15) is 0 Å². The van der Waals surface area contributed by atoms with E-state index in [0.29, 0.717) is 6.04 Å². The van der Waals surface area contributed by atoms with Crippen molar-refractivity contribution in [1.82, 2.24) is 14.4 Å². The summed E-state index contributed by atoms with van der Waals surface area (Å²) in [4.78, 5) is 4.92. The molecule has 116 valence electrons. The fourth-order valence-electron chi connectivity index (χ4n) is 3.58. The third kappa shape index (κ3) is 3.30. The minimum atomic E-state index is 0.657. The molecule has 0 aromatic carbocycles. The van der Waals surface area contributed by atoms with E-state index >= 15 is 0 Å². The molecule has 0 N–H and O–H groups in total. The van der Waals surface area contributed by atoms with E-state index in [4.69, 9.17) is 5.26 Å². The molecule has 0 aliphatic carbocycles. The fraction of sp³-hybridized carbons (Fsp3) is 0.706. The van der Waals surface area contributed by atoms with Gasteiger partial charge in [0.15, 0.2) is 0 Å². The van der Waals surface area contributed by atoms with Gasteiger partial charge in [0.05, 0.1) is 0 Å². The minimum Gasteiger partial charge on any atom is -0.340 e. The third-order valence-electron chi connectivity index (χ3n) is 4.95. The standard InChI is InChI=1S/C17H28N4/c1-6-7-14-10-21(12-17(14)19(3)4)11-15-8-16(9-18)20(5)13(15)2/h8,14,17H,6-7,10-12H2,1-5H3/t14-,17-/m1/s1. The molecule has 2 atom stereocenters. The summed E-state index contributed by atoms with van der Waals surface area (Å²) in [5, 5.41) is 9.15. The summed E-state index contributed by atoms with van der Waals surface area (Å²) in [5.41, 5.74) is 3.27. The molecule has 1 saturated heterocycles. The highest BCUT2D eigenvalue weighted by molar-refractivity contribution is 5.34. The van der Waals surface area contributed by atoms with Crippen LogP contribution in [0.4, 0.5) is 0 Å². The maximum atomic E-state index is 9.15. The Morgan fingerprint density at radius 2 is 2.10 bits per heavy atom. The SMILES string of the molecule is CCC[C@@H]1CN(Cc2cc(C#N)n(C)c2C)C[C@H]1N(C)C. The third-order valence-corrected chi connectivity index (χ3v) is 4.95. The Morgan fingerprint density at radius 3 is 2.62 bits per heavy atom. The quantitative estimate of drug-likeness (QED) is 0.834. The zero-order valence-corrected chi connectivity index (χ0v) is 14.1. The van der Waals surface area contributed by atoms with Crippen LogP contribution in [-0.2, 0) is 13.6 Å². The lowest BCUT2D eigenvalue weighted by atomic mass is 9.98. The molecular weight excluding hydrogens is 260 g/mol. The first kappa shape index (κ1) is 16.1. The molecule has 0 saturated carbocycles. The van der Waals surface area contributed by atoms with Gasteiger partial charge in [0, 0.05) is 38.4 Å². The van der Waals surface area contributed by atoms with Gasteiger partial charge in [-0.2, -0.15) is 5.26 Å². The molecule has 4 heteroatoms. The predicted molar refractivity (Wildman–Crippen MR) is 86.0 cm³/mol. The number of rotatable bonds is 5. The monoisotopic (exact) mass is 288 g/mol. The molecule has 1 fully saturated rings. The second-order valence-corrected chi connectivity index (χ2v) is 6.58. The molecule has 1 aliphatic rings. The van der Waals surface area contributed by atoms with Gasteiger partial charge in [-0.1, -0.05) is 13.3 Å². The summed E-state index contributed by atoms with van der Waals surface area (Å²) >= 11 is 0. The summed E-state index contributed by atoms with van der Waals surface area (Å²) in [6, 6.07) is 4.98. The van der Waals surface area contributed by atoms with E-state index in [1.54, 1.807) is 0 Å². The van der Waals surface area contributed by atoms with Crippen molar-refractivity contribution in [2.45, 2.75) is 39.3 Å². The highest BCUT2D eigenvalue weighted by Gasteiger charge is 2.33. The Morgan fingerprint density at radius 1 is 1.38 bits per heavy atom. The molecule has 0 amide bonds. The molecule has 1 aliphatic heterocycles. The van der Waals surface area contributed by atoms with E-state index in [0.717, 1.165) is 24.7 Å². The van der Waals surface area contributed by atoms with Crippen molar-refractivity contribution < 1.29 is 0 Å².